The lowest BCUT2D eigenvalue weighted by Crippen LogP contribution is -2.20. The quantitative estimate of drug-likeness (QED) is 0.460. The van der Waals surface area contributed by atoms with Gasteiger partial charge in [0.25, 0.3) is 5.56 Å². The first kappa shape index (κ1) is 11.9. The highest BCUT2D eigenvalue weighted by Gasteiger charge is 2.06. The van der Waals surface area contributed by atoms with Gasteiger partial charge in [0.2, 0.25) is 0 Å². The van der Waals surface area contributed by atoms with Crippen LogP contribution in [0.25, 0.3) is 10.8 Å². The van der Waals surface area contributed by atoms with Crippen molar-refractivity contribution in [1.29, 1.82) is 0 Å². The average molecular weight is 248 g/mol. The van der Waals surface area contributed by atoms with Crippen molar-refractivity contribution in [3.05, 3.63) is 58.5 Å². The number of nitrogens with zero attached hydrogens (tertiary/aromatic N) is 1. The minimum absolute atomic E-state index is 0.0165. The molecule has 0 spiro atoms. The molecular formula is C14H14ClNO. The fraction of sp³-hybridized carbons (Fsp3) is 0.214. The Kier molecular flexibility index (Phi) is 3.64. The summed E-state index contributed by atoms with van der Waals surface area (Å²) in [5.41, 5.74) is -0.0165. The Hall–Kier alpha value is -1.54. The number of fused-ring (bicyclic) bond motifs is 1. The lowest BCUT2D eigenvalue weighted by Gasteiger charge is -2.09. The van der Waals surface area contributed by atoms with E-state index in [9.17, 15) is 4.79 Å². The molecular weight excluding hydrogens is 234 g/mol. The highest BCUT2D eigenvalue weighted by Crippen LogP contribution is 2.16. The molecule has 0 bridgehead atoms. The second-order valence-electron chi connectivity index (χ2n) is 3.94. The molecule has 1 aromatic carbocycles. The fourth-order valence-electron chi connectivity index (χ4n) is 1.87. The van der Waals surface area contributed by atoms with Crippen molar-refractivity contribution in [2.24, 2.45) is 0 Å². The SMILES string of the molecule is C=CCCCn1c(Cl)cc2ccccc2c1=O. The number of aromatic nitrogens is 1. The van der Waals surface area contributed by atoms with Crippen molar-refractivity contribution in [2.75, 3.05) is 0 Å². The van der Waals surface area contributed by atoms with Crippen LogP contribution in [0.3, 0.4) is 0 Å². The zero-order valence-corrected chi connectivity index (χ0v) is 10.3. The topological polar surface area (TPSA) is 22.0 Å². The highest BCUT2D eigenvalue weighted by atomic mass is 35.5. The van der Waals surface area contributed by atoms with Gasteiger partial charge in [-0.25, -0.2) is 0 Å². The predicted octanol–water partition coefficient (Wildman–Crippen LogP) is 3.62. The van der Waals surface area contributed by atoms with Crippen molar-refractivity contribution >= 4 is 22.4 Å². The Morgan fingerprint density at radius 2 is 2.12 bits per heavy atom. The molecule has 0 saturated heterocycles. The highest BCUT2D eigenvalue weighted by molar-refractivity contribution is 6.30. The van der Waals surface area contributed by atoms with Gasteiger partial charge in [-0.1, -0.05) is 35.9 Å². The van der Waals surface area contributed by atoms with Gasteiger partial charge in [-0.3, -0.25) is 9.36 Å². The monoisotopic (exact) mass is 247 g/mol. The number of pyridine rings is 1. The molecule has 0 aliphatic rings. The Labute approximate surface area is 105 Å². The number of allylic oxidation sites excluding steroid dienone is 1. The number of benzene rings is 1. The van der Waals surface area contributed by atoms with Crippen molar-refractivity contribution < 1.29 is 0 Å². The molecule has 0 amide bonds. The lowest BCUT2D eigenvalue weighted by atomic mass is 10.2. The Morgan fingerprint density at radius 1 is 1.35 bits per heavy atom. The number of unbranched alkanes of at least 4 members (excludes halogenated alkanes) is 1. The summed E-state index contributed by atoms with van der Waals surface area (Å²) in [6, 6.07) is 9.34. The molecule has 1 heterocycles. The van der Waals surface area contributed by atoms with Gasteiger partial charge >= 0.3 is 0 Å². The molecule has 2 rings (SSSR count). The molecule has 1 aromatic heterocycles. The van der Waals surface area contributed by atoms with Gasteiger partial charge in [0.1, 0.15) is 5.15 Å². The standard InChI is InChI=1S/C14H14ClNO/c1-2-3-6-9-16-13(15)10-11-7-4-5-8-12(11)14(16)17/h2,4-5,7-8,10H,1,3,6,9H2. The third-order valence-corrected chi connectivity index (χ3v) is 3.07. The molecule has 0 N–H and O–H groups in total. The number of hydrogen-bond donors (Lipinski definition) is 0. The molecule has 0 aliphatic carbocycles. The molecule has 2 aromatic rings. The van der Waals surface area contributed by atoms with Crippen molar-refractivity contribution in [3.8, 4) is 0 Å². The van der Waals surface area contributed by atoms with Crippen LogP contribution in [0, 0.1) is 0 Å². The van der Waals surface area contributed by atoms with E-state index < -0.39 is 0 Å². The zero-order chi connectivity index (χ0) is 12.3. The number of rotatable bonds is 4. The van der Waals surface area contributed by atoms with Gasteiger partial charge in [0, 0.05) is 11.9 Å². The van der Waals surface area contributed by atoms with E-state index in [-0.39, 0.29) is 5.56 Å². The molecule has 0 unspecified atom stereocenters. The third kappa shape index (κ3) is 2.42. The Morgan fingerprint density at radius 3 is 2.88 bits per heavy atom. The molecule has 0 aliphatic heterocycles. The van der Waals surface area contributed by atoms with E-state index >= 15 is 0 Å². The van der Waals surface area contributed by atoms with Crippen molar-refractivity contribution in [2.45, 2.75) is 19.4 Å². The number of halogens is 1. The van der Waals surface area contributed by atoms with Gasteiger partial charge in [-0.15, -0.1) is 6.58 Å². The van der Waals surface area contributed by atoms with E-state index in [2.05, 4.69) is 6.58 Å². The lowest BCUT2D eigenvalue weighted by molar-refractivity contribution is 0.634. The normalized spacial score (nSPS) is 10.6. The minimum atomic E-state index is -0.0165. The van der Waals surface area contributed by atoms with Crippen LogP contribution >= 0.6 is 11.6 Å². The van der Waals surface area contributed by atoms with Crippen LogP contribution in [0.4, 0.5) is 0 Å². The maximum absolute atomic E-state index is 12.2. The molecule has 0 radical (unpaired) electrons. The first-order valence-electron chi connectivity index (χ1n) is 5.63. The Bertz CT molecular complexity index is 601. The van der Waals surface area contributed by atoms with Gasteiger partial charge in [-0.05, 0) is 30.4 Å². The van der Waals surface area contributed by atoms with Gasteiger partial charge in [0.05, 0.1) is 0 Å². The maximum atomic E-state index is 12.2. The van der Waals surface area contributed by atoms with Crippen molar-refractivity contribution in [3.63, 3.8) is 0 Å². The van der Waals surface area contributed by atoms with E-state index in [0.29, 0.717) is 11.7 Å². The van der Waals surface area contributed by atoms with Crippen LogP contribution in [0.2, 0.25) is 5.15 Å². The smallest absolute Gasteiger partial charge is 0.259 e. The molecule has 88 valence electrons. The van der Waals surface area contributed by atoms with Gasteiger partial charge < -0.3 is 0 Å². The molecule has 17 heavy (non-hydrogen) atoms. The zero-order valence-electron chi connectivity index (χ0n) is 9.53. The molecule has 2 nitrogen and oxygen atoms in total. The molecule has 0 atom stereocenters. The third-order valence-electron chi connectivity index (χ3n) is 2.76. The van der Waals surface area contributed by atoms with E-state index in [4.69, 9.17) is 11.6 Å². The van der Waals surface area contributed by atoms with E-state index in [1.54, 1.807) is 4.57 Å². The first-order chi connectivity index (χ1) is 8.24. The summed E-state index contributed by atoms with van der Waals surface area (Å²) in [4.78, 5) is 12.2. The van der Waals surface area contributed by atoms with E-state index in [1.165, 1.54) is 0 Å². The summed E-state index contributed by atoms with van der Waals surface area (Å²) >= 11 is 6.12. The summed E-state index contributed by atoms with van der Waals surface area (Å²) in [7, 11) is 0. The van der Waals surface area contributed by atoms with E-state index in [1.807, 2.05) is 36.4 Å². The first-order valence-corrected chi connectivity index (χ1v) is 6.01. The van der Waals surface area contributed by atoms with Gasteiger partial charge in [-0.2, -0.15) is 0 Å². The number of hydrogen-bond acceptors (Lipinski definition) is 1. The largest absolute Gasteiger partial charge is 0.299 e. The average Bonchev–Trinajstić information content (AvgIpc) is 2.33. The van der Waals surface area contributed by atoms with Crippen LogP contribution in [0.5, 0.6) is 0 Å². The summed E-state index contributed by atoms with van der Waals surface area (Å²) in [5, 5.41) is 2.11. The van der Waals surface area contributed by atoms with Crippen LogP contribution in [-0.2, 0) is 6.54 Å². The minimum Gasteiger partial charge on any atom is -0.299 e. The van der Waals surface area contributed by atoms with Crippen LogP contribution < -0.4 is 5.56 Å². The fourth-order valence-corrected chi connectivity index (χ4v) is 2.15. The molecule has 3 heteroatoms. The summed E-state index contributed by atoms with van der Waals surface area (Å²) in [6.45, 7) is 4.30. The van der Waals surface area contributed by atoms with Crippen molar-refractivity contribution in [1.82, 2.24) is 4.57 Å². The second kappa shape index (κ2) is 5.19. The maximum Gasteiger partial charge on any atom is 0.259 e. The molecule has 0 saturated carbocycles. The summed E-state index contributed by atoms with van der Waals surface area (Å²) in [5.74, 6) is 0. The molecule has 0 fully saturated rings. The summed E-state index contributed by atoms with van der Waals surface area (Å²) in [6.07, 6.45) is 3.61. The van der Waals surface area contributed by atoms with Crippen LogP contribution in [0.15, 0.2) is 47.8 Å². The van der Waals surface area contributed by atoms with E-state index in [0.717, 1.165) is 23.6 Å². The van der Waals surface area contributed by atoms with Gasteiger partial charge in [0.15, 0.2) is 0 Å². The predicted molar refractivity (Wildman–Crippen MR) is 72.6 cm³/mol. The van der Waals surface area contributed by atoms with Crippen LogP contribution in [0.1, 0.15) is 12.8 Å². The summed E-state index contributed by atoms with van der Waals surface area (Å²) < 4.78 is 1.62. The Balaban J connectivity index is 2.48. The second-order valence-corrected chi connectivity index (χ2v) is 4.33. The van der Waals surface area contributed by atoms with Crippen LogP contribution in [-0.4, -0.2) is 4.57 Å².